The van der Waals surface area contributed by atoms with Crippen molar-refractivity contribution in [3.63, 3.8) is 0 Å². The highest BCUT2D eigenvalue weighted by Gasteiger charge is 2.34. The third-order valence-corrected chi connectivity index (χ3v) is 4.91. The molecule has 0 radical (unpaired) electrons. The number of nitrogens with one attached hydrogen (secondary N) is 1. The molecule has 2 rings (SSSR count). The SMILES string of the molecule is CCC(CC)(CNCc1cnn(Cc2ccc(C(F)(F)F)cc2)c1)C(=O)O. The van der Waals surface area contributed by atoms with Crippen molar-refractivity contribution >= 4 is 5.97 Å². The Morgan fingerprint density at radius 1 is 1.15 bits per heavy atom. The fraction of sp³-hybridized carbons (Fsp3) is 0.474. The topological polar surface area (TPSA) is 67.2 Å². The Hall–Kier alpha value is -2.35. The van der Waals surface area contributed by atoms with Crippen molar-refractivity contribution in [1.29, 1.82) is 0 Å². The lowest BCUT2D eigenvalue weighted by atomic mass is 9.82. The van der Waals surface area contributed by atoms with E-state index in [1.807, 2.05) is 13.8 Å². The summed E-state index contributed by atoms with van der Waals surface area (Å²) < 4.78 is 39.4. The molecule has 0 saturated carbocycles. The average Bonchev–Trinajstić information content (AvgIpc) is 3.05. The molecule has 1 heterocycles. The number of benzene rings is 1. The lowest BCUT2D eigenvalue weighted by Crippen LogP contribution is -2.39. The quantitative estimate of drug-likeness (QED) is 0.689. The van der Waals surface area contributed by atoms with E-state index in [1.165, 1.54) is 12.1 Å². The highest BCUT2D eigenvalue weighted by Crippen LogP contribution is 2.29. The van der Waals surface area contributed by atoms with E-state index in [0.29, 0.717) is 38.0 Å². The van der Waals surface area contributed by atoms with Gasteiger partial charge in [0, 0.05) is 24.8 Å². The van der Waals surface area contributed by atoms with Crippen LogP contribution in [0.2, 0.25) is 0 Å². The van der Waals surface area contributed by atoms with E-state index in [-0.39, 0.29) is 0 Å². The minimum absolute atomic E-state index is 0.361. The highest BCUT2D eigenvalue weighted by atomic mass is 19.4. The van der Waals surface area contributed by atoms with Crippen LogP contribution in [-0.4, -0.2) is 27.4 Å². The van der Waals surface area contributed by atoms with Crippen LogP contribution in [0.3, 0.4) is 0 Å². The molecule has 0 atom stereocenters. The first-order valence-corrected chi connectivity index (χ1v) is 8.82. The summed E-state index contributed by atoms with van der Waals surface area (Å²) in [6.07, 6.45) is 0.200. The summed E-state index contributed by atoms with van der Waals surface area (Å²) in [7, 11) is 0. The van der Waals surface area contributed by atoms with Gasteiger partial charge in [-0.1, -0.05) is 26.0 Å². The summed E-state index contributed by atoms with van der Waals surface area (Å²) in [6.45, 7) is 4.92. The van der Waals surface area contributed by atoms with Crippen molar-refractivity contribution in [3.8, 4) is 0 Å². The van der Waals surface area contributed by atoms with Crippen LogP contribution in [0.15, 0.2) is 36.7 Å². The highest BCUT2D eigenvalue weighted by molar-refractivity contribution is 5.74. The Bertz CT molecular complexity index is 750. The van der Waals surface area contributed by atoms with Gasteiger partial charge in [-0.3, -0.25) is 9.48 Å². The first kappa shape index (κ1) is 21.0. The molecule has 1 aromatic carbocycles. The van der Waals surface area contributed by atoms with E-state index in [9.17, 15) is 23.1 Å². The maximum absolute atomic E-state index is 12.6. The minimum atomic E-state index is -4.34. The number of carbonyl (C=O) groups is 1. The summed E-state index contributed by atoms with van der Waals surface area (Å²) >= 11 is 0. The van der Waals surface area contributed by atoms with Crippen molar-refractivity contribution in [2.75, 3.05) is 6.54 Å². The Balaban J connectivity index is 1.92. The Morgan fingerprint density at radius 2 is 1.78 bits per heavy atom. The van der Waals surface area contributed by atoms with E-state index < -0.39 is 23.1 Å². The number of nitrogens with zero attached hydrogens (tertiary/aromatic N) is 2. The third kappa shape index (κ3) is 5.32. The molecule has 0 aliphatic heterocycles. The molecule has 0 spiro atoms. The van der Waals surface area contributed by atoms with Gasteiger partial charge in [0.1, 0.15) is 0 Å². The molecule has 0 amide bonds. The standard InChI is InChI=1S/C19H24F3N3O2/c1-3-18(4-2,17(26)27)13-23-9-15-10-24-25(12-15)11-14-5-7-16(8-6-14)19(20,21)22/h5-8,10,12,23H,3-4,9,11,13H2,1-2H3,(H,26,27). The Labute approximate surface area is 156 Å². The molecule has 0 unspecified atom stereocenters. The lowest BCUT2D eigenvalue weighted by molar-refractivity contribution is -0.149. The summed E-state index contributed by atoms with van der Waals surface area (Å²) in [5.74, 6) is -0.807. The van der Waals surface area contributed by atoms with Gasteiger partial charge >= 0.3 is 12.1 Å². The maximum Gasteiger partial charge on any atom is 0.416 e. The predicted octanol–water partition coefficient (Wildman–Crippen LogP) is 3.93. The number of aliphatic carboxylic acids is 1. The zero-order chi connectivity index (χ0) is 20.1. The number of alkyl halides is 3. The normalized spacial score (nSPS) is 12.3. The zero-order valence-electron chi connectivity index (χ0n) is 15.4. The molecule has 0 aliphatic carbocycles. The molecular formula is C19H24F3N3O2. The second-order valence-corrected chi connectivity index (χ2v) is 6.64. The first-order chi connectivity index (χ1) is 12.7. The van der Waals surface area contributed by atoms with Gasteiger partial charge in [-0.15, -0.1) is 0 Å². The summed E-state index contributed by atoms with van der Waals surface area (Å²) in [4.78, 5) is 11.5. The molecule has 2 aromatic rings. The fourth-order valence-corrected chi connectivity index (χ4v) is 2.89. The van der Waals surface area contributed by atoms with E-state index in [1.54, 1.807) is 17.1 Å². The maximum atomic E-state index is 12.6. The molecule has 0 fully saturated rings. The first-order valence-electron chi connectivity index (χ1n) is 8.82. The van der Waals surface area contributed by atoms with Gasteiger partial charge in [-0.25, -0.2) is 0 Å². The third-order valence-electron chi connectivity index (χ3n) is 4.91. The molecule has 5 nitrogen and oxygen atoms in total. The van der Waals surface area contributed by atoms with E-state index in [4.69, 9.17) is 0 Å². The number of carboxylic acids is 1. The van der Waals surface area contributed by atoms with Gasteiger partial charge in [0.2, 0.25) is 0 Å². The second kappa shape index (κ2) is 8.56. The molecule has 0 saturated heterocycles. The molecule has 0 aliphatic rings. The van der Waals surface area contributed by atoms with Crippen LogP contribution in [0.1, 0.15) is 43.4 Å². The zero-order valence-corrected chi connectivity index (χ0v) is 15.4. The molecule has 2 N–H and O–H groups in total. The van der Waals surface area contributed by atoms with Crippen LogP contribution in [-0.2, 0) is 24.1 Å². The van der Waals surface area contributed by atoms with Gasteiger partial charge in [0.25, 0.3) is 0 Å². The van der Waals surface area contributed by atoms with Crippen molar-refractivity contribution in [2.45, 2.75) is 46.0 Å². The second-order valence-electron chi connectivity index (χ2n) is 6.64. The molecule has 148 valence electrons. The van der Waals surface area contributed by atoms with Crippen LogP contribution >= 0.6 is 0 Å². The number of hydrogen-bond donors (Lipinski definition) is 2. The number of carboxylic acid groups (broad SMARTS) is 1. The average molecular weight is 383 g/mol. The van der Waals surface area contributed by atoms with Crippen molar-refractivity contribution < 1.29 is 23.1 Å². The van der Waals surface area contributed by atoms with Gasteiger partial charge in [-0.05, 0) is 30.5 Å². The largest absolute Gasteiger partial charge is 0.481 e. The van der Waals surface area contributed by atoms with Crippen molar-refractivity contribution in [3.05, 3.63) is 53.3 Å². The summed E-state index contributed by atoms with van der Waals surface area (Å²) in [6, 6.07) is 4.99. The van der Waals surface area contributed by atoms with Gasteiger partial charge in [0.15, 0.2) is 0 Å². The summed E-state index contributed by atoms with van der Waals surface area (Å²) in [5, 5.41) is 16.8. The van der Waals surface area contributed by atoms with Gasteiger partial charge < -0.3 is 10.4 Å². The smallest absolute Gasteiger partial charge is 0.416 e. The number of aromatic nitrogens is 2. The fourth-order valence-electron chi connectivity index (χ4n) is 2.89. The number of hydrogen-bond acceptors (Lipinski definition) is 3. The van der Waals surface area contributed by atoms with E-state index in [2.05, 4.69) is 10.4 Å². The molecular weight excluding hydrogens is 359 g/mol. The van der Waals surface area contributed by atoms with Crippen LogP contribution in [0.4, 0.5) is 13.2 Å². The molecule has 0 bridgehead atoms. The number of rotatable bonds is 9. The Kier molecular flexibility index (Phi) is 6.64. The van der Waals surface area contributed by atoms with Gasteiger partial charge in [-0.2, -0.15) is 18.3 Å². The predicted molar refractivity (Wildman–Crippen MR) is 95.1 cm³/mol. The lowest BCUT2D eigenvalue weighted by Gasteiger charge is -2.26. The molecule has 27 heavy (non-hydrogen) atoms. The van der Waals surface area contributed by atoms with Crippen LogP contribution in [0.25, 0.3) is 0 Å². The summed E-state index contributed by atoms with van der Waals surface area (Å²) in [5.41, 5.74) is 0.141. The van der Waals surface area contributed by atoms with E-state index in [0.717, 1.165) is 17.7 Å². The van der Waals surface area contributed by atoms with Gasteiger partial charge in [0.05, 0.1) is 23.7 Å². The van der Waals surface area contributed by atoms with Crippen LogP contribution in [0, 0.1) is 5.41 Å². The molecule has 1 aromatic heterocycles. The van der Waals surface area contributed by atoms with Crippen LogP contribution in [0.5, 0.6) is 0 Å². The van der Waals surface area contributed by atoms with Crippen molar-refractivity contribution in [2.24, 2.45) is 5.41 Å². The molecule has 8 heteroatoms. The van der Waals surface area contributed by atoms with Crippen LogP contribution < -0.4 is 5.32 Å². The van der Waals surface area contributed by atoms with Crippen molar-refractivity contribution in [1.82, 2.24) is 15.1 Å². The minimum Gasteiger partial charge on any atom is -0.481 e. The van der Waals surface area contributed by atoms with E-state index >= 15 is 0 Å². The Morgan fingerprint density at radius 3 is 2.30 bits per heavy atom. The monoisotopic (exact) mass is 383 g/mol. The number of halogens is 3.